The van der Waals surface area contributed by atoms with Crippen LogP contribution in [-0.2, 0) is 0 Å². The van der Waals surface area contributed by atoms with Crippen molar-refractivity contribution in [3.63, 3.8) is 0 Å². The number of hydrogen-bond donors (Lipinski definition) is 2. The zero-order chi connectivity index (χ0) is 19.3. The topological polar surface area (TPSA) is 115 Å². The van der Waals surface area contributed by atoms with Crippen LogP contribution in [0.2, 0.25) is 0 Å². The molecule has 1 aromatic heterocycles. The first-order chi connectivity index (χ1) is 13.7. The molecule has 0 saturated carbocycles. The van der Waals surface area contributed by atoms with Crippen LogP contribution in [0.25, 0.3) is 0 Å². The first-order valence-electron chi connectivity index (χ1n) is 8.59. The fraction of sp³-hybridized carbons (Fsp3) is 0.105. The van der Waals surface area contributed by atoms with Crippen LogP contribution in [0.15, 0.2) is 72.1 Å². The molecule has 0 bridgehead atoms. The van der Waals surface area contributed by atoms with Gasteiger partial charge in [-0.25, -0.2) is 0 Å². The predicted octanol–water partition coefficient (Wildman–Crippen LogP) is 4.08. The van der Waals surface area contributed by atoms with E-state index in [1.165, 1.54) is 24.3 Å². The third-order valence-electron chi connectivity index (χ3n) is 3.96. The number of hydrogen-bond acceptors (Lipinski definition) is 8. The molecule has 0 saturated heterocycles. The average molecular weight is 376 g/mol. The van der Waals surface area contributed by atoms with Gasteiger partial charge < -0.3 is 15.4 Å². The van der Waals surface area contributed by atoms with E-state index in [0.29, 0.717) is 17.6 Å². The van der Waals surface area contributed by atoms with Crippen molar-refractivity contribution in [2.24, 2.45) is 0 Å². The predicted molar refractivity (Wildman–Crippen MR) is 104 cm³/mol. The molecule has 28 heavy (non-hydrogen) atoms. The summed E-state index contributed by atoms with van der Waals surface area (Å²) in [7, 11) is 0. The summed E-state index contributed by atoms with van der Waals surface area (Å²) in [6.45, 7) is 0. The lowest BCUT2D eigenvalue weighted by Crippen LogP contribution is -2.09. The van der Waals surface area contributed by atoms with Gasteiger partial charge in [0.25, 0.3) is 5.69 Å². The maximum absolute atomic E-state index is 10.8. The molecule has 0 amide bonds. The number of nitrogens with one attached hydrogen (secondary N) is 2. The summed E-state index contributed by atoms with van der Waals surface area (Å²) in [5, 5.41) is 17.1. The van der Waals surface area contributed by atoms with Gasteiger partial charge in [-0.05, 0) is 24.3 Å². The van der Waals surface area contributed by atoms with Crippen LogP contribution in [-0.4, -0.2) is 19.9 Å². The number of anilines is 2. The second kappa shape index (κ2) is 7.70. The number of ether oxygens (including phenoxy) is 1. The Labute approximate surface area is 160 Å². The fourth-order valence-corrected chi connectivity index (χ4v) is 2.62. The molecule has 4 rings (SSSR count). The minimum Gasteiger partial charge on any atom is -0.424 e. The zero-order valence-corrected chi connectivity index (χ0v) is 14.7. The molecule has 9 heteroatoms. The number of allylic oxidation sites excluding steroid dienone is 6. The van der Waals surface area contributed by atoms with Crippen molar-refractivity contribution >= 4 is 17.6 Å². The molecule has 1 aromatic carbocycles. The number of benzene rings is 1. The van der Waals surface area contributed by atoms with Crippen molar-refractivity contribution in [2.75, 3.05) is 10.6 Å². The first-order valence-corrected chi connectivity index (χ1v) is 8.59. The van der Waals surface area contributed by atoms with Gasteiger partial charge in [0.05, 0.1) is 4.92 Å². The number of nitro benzene ring substituents is 1. The molecule has 2 aliphatic carbocycles. The Hall–Kier alpha value is -4.01. The highest BCUT2D eigenvalue weighted by molar-refractivity contribution is 5.47. The van der Waals surface area contributed by atoms with Gasteiger partial charge in [-0.2, -0.15) is 15.0 Å². The van der Waals surface area contributed by atoms with Crippen LogP contribution in [0.3, 0.4) is 0 Å². The number of aromatic nitrogens is 3. The normalized spacial score (nSPS) is 14.6. The quantitative estimate of drug-likeness (QED) is 0.548. The first kappa shape index (κ1) is 17.4. The molecule has 0 fully saturated rings. The van der Waals surface area contributed by atoms with Crippen LogP contribution in [0.5, 0.6) is 11.8 Å². The number of nitro groups is 1. The van der Waals surface area contributed by atoms with E-state index in [1.54, 1.807) is 0 Å². The Balaban J connectivity index is 1.57. The minimum atomic E-state index is -0.469. The number of nitrogens with zero attached hydrogens (tertiary/aromatic N) is 4. The van der Waals surface area contributed by atoms with Crippen molar-refractivity contribution in [3.8, 4) is 11.8 Å². The van der Waals surface area contributed by atoms with E-state index >= 15 is 0 Å². The van der Waals surface area contributed by atoms with Gasteiger partial charge in [0.2, 0.25) is 11.9 Å². The molecule has 0 aliphatic heterocycles. The molecular formula is C19H16N6O3. The molecule has 2 aromatic rings. The molecule has 140 valence electrons. The van der Waals surface area contributed by atoms with E-state index in [4.69, 9.17) is 4.74 Å². The largest absolute Gasteiger partial charge is 0.424 e. The van der Waals surface area contributed by atoms with Crippen molar-refractivity contribution in [2.45, 2.75) is 12.8 Å². The van der Waals surface area contributed by atoms with Crippen molar-refractivity contribution in [1.29, 1.82) is 0 Å². The Bertz CT molecular complexity index is 974. The van der Waals surface area contributed by atoms with Gasteiger partial charge >= 0.3 is 6.01 Å². The summed E-state index contributed by atoms with van der Waals surface area (Å²) in [5.74, 6) is 1.07. The maximum Gasteiger partial charge on any atom is 0.328 e. The molecular weight excluding hydrogens is 360 g/mol. The summed E-state index contributed by atoms with van der Waals surface area (Å²) in [4.78, 5) is 23.3. The number of non-ortho nitro benzene ring substituents is 1. The summed E-state index contributed by atoms with van der Waals surface area (Å²) >= 11 is 0. The van der Waals surface area contributed by atoms with Crippen LogP contribution >= 0.6 is 0 Å². The van der Waals surface area contributed by atoms with E-state index in [2.05, 4.69) is 25.6 Å². The maximum atomic E-state index is 10.8. The lowest BCUT2D eigenvalue weighted by atomic mass is 10.3. The van der Waals surface area contributed by atoms with Gasteiger partial charge in [0.1, 0.15) is 5.75 Å². The van der Waals surface area contributed by atoms with Gasteiger partial charge in [0, 0.05) is 36.4 Å². The van der Waals surface area contributed by atoms with Crippen LogP contribution in [0.1, 0.15) is 12.8 Å². The third kappa shape index (κ3) is 4.21. The average Bonchev–Trinajstić information content (AvgIpc) is 3.36. The smallest absolute Gasteiger partial charge is 0.328 e. The highest BCUT2D eigenvalue weighted by atomic mass is 16.6. The highest BCUT2D eigenvalue weighted by Crippen LogP contribution is 2.24. The van der Waals surface area contributed by atoms with E-state index in [1.807, 2.05) is 36.5 Å². The highest BCUT2D eigenvalue weighted by Gasteiger charge is 2.13. The summed E-state index contributed by atoms with van der Waals surface area (Å²) in [5.41, 5.74) is 1.90. The molecule has 9 nitrogen and oxygen atoms in total. The lowest BCUT2D eigenvalue weighted by Gasteiger charge is -2.11. The zero-order valence-electron chi connectivity index (χ0n) is 14.7. The van der Waals surface area contributed by atoms with Gasteiger partial charge in [-0.15, -0.1) is 0 Å². The van der Waals surface area contributed by atoms with E-state index in [9.17, 15) is 10.1 Å². The molecule has 1 heterocycles. The number of rotatable bonds is 7. The van der Waals surface area contributed by atoms with Crippen molar-refractivity contribution < 1.29 is 9.66 Å². The van der Waals surface area contributed by atoms with Gasteiger partial charge in [-0.1, -0.05) is 24.3 Å². The van der Waals surface area contributed by atoms with Crippen LogP contribution in [0, 0.1) is 10.1 Å². The van der Waals surface area contributed by atoms with E-state index < -0.39 is 4.92 Å². The Morgan fingerprint density at radius 2 is 1.46 bits per heavy atom. The molecule has 2 aliphatic rings. The molecule has 2 N–H and O–H groups in total. The summed E-state index contributed by atoms with van der Waals surface area (Å²) < 4.78 is 5.69. The second-order valence-corrected chi connectivity index (χ2v) is 6.02. The lowest BCUT2D eigenvalue weighted by molar-refractivity contribution is -0.384. The minimum absolute atomic E-state index is 0.0194. The van der Waals surface area contributed by atoms with Crippen LogP contribution < -0.4 is 15.4 Å². The SMILES string of the molecule is O=[N+]([O-])c1ccc(Oc2nc(NC3=CC=CC3)nc(NC3=CC=CC3)n2)cc1. The van der Waals surface area contributed by atoms with Gasteiger partial charge in [-0.3, -0.25) is 10.1 Å². The van der Waals surface area contributed by atoms with Crippen molar-refractivity contribution in [1.82, 2.24) is 15.0 Å². The van der Waals surface area contributed by atoms with Crippen LogP contribution in [0.4, 0.5) is 17.6 Å². The summed E-state index contributed by atoms with van der Waals surface area (Å²) in [6.07, 6.45) is 13.4. The Kier molecular flexibility index (Phi) is 4.79. The van der Waals surface area contributed by atoms with Gasteiger partial charge in [0.15, 0.2) is 0 Å². The monoisotopic (exact) mass is 376 g/mol. The Morgan fingerprint density at radius 3 is 1.93 bits per heavy atom. The molecule has 0 unspecified atom stereocenters. The molecule has 0 radical (unpaired) electrons. The Morgan fingerprint density at radius 1 is 0.893 bits per heavy atom. The summed E-state index contributed by atoms with van der Waals surface area (Å²) in [6, 6.07) is 5.79. The third-order valence-corrected chi connectivity index (χ3v) is 3.96. The standard InChI is InChI=1S/C19H16N6O3/c26-25(27)15-9-11-16(12-10-15)28-19-23-17(20-13-5-1-2-6-13)22-18(24-19)21-14-7-3-4-8-14/h1-5,7,9-12H,6,8H2,(H2,20,21,22,23,24). The molecule has 0 spiro atoms. The molecule has 0 atom stereocenters. The van der Waals surface area contributed by atoms with E-state index in [-0.39, 0.29) is 11.7 Å². The van der Waals surface area contributed by atoms with Crippen molar-refractivity contribution in [3.05, 3.63) is 82.2 Å². The fourth-order valence-electron chi connectivity index (χ4n) is 2.62. The van der Waals surface area contributed by atoms with E-state index in [0.717, 1.165) is 24.2 Å². The second-order valence-electron chi connectivity index (χ2n) is 6.02.